The maximum atomic E-state index is 11.3. The molecule has 0 N–H and O–H groups in total. The molecule has 0 unspecified atom stereocenters. The van der Waals surface area contributed by atoms with Gasteiger partial charge in [-0.15, -0.1) is 11.3 Å². The third-order valence-electron chi connectivity index (χ3n) is 2.13. The summed E-state index contributed by atoms with van der Waals surface area (Å²) in [6.45, 7) is 1.96. The van der Waals surface area contributed by atoms with E-state index < -0.39 is 10.8 Å². The van der Waals surface area contributed by atoms with E-state index in [9.17, 15) is 4.21 Å². The van der Waals surface area contributed by atoms with Crippen molar-refractivity contribution < 1.29 is 4.21 Å². The molecule has 0 aliphatic heterocycles. The lowest BCUT2D eigenvalue weighted by molar-refractivity contribution is 0.685. The summed E-state index contributed by atoms with van der Waals surface area (Å²) in [4.78, 5) is 4.52. The van der Waals surface area contributed by atoms with Crippen molar-refractivity contribution in [1.29, 1.82) is 0 Å². The summed E-state index contributed by atoms with van der Waals surface area (Å²) in [5.74, 6) is 2.40. The van der Waals surface area contributed by atoms with Crippen molar-refractivity contribution in [1.82, 2.24) is 4.98 Å². The minimum Gasteiger partial charge on any atom is -0.260 e. The van der Waals surface area contributed by atoms with Crippen molar-refractivity contribution in [3.63, 3.8) is 0 Å². The van der Waals surface area contributed by atoms with E-state index >= 15 is 0 Å². The van der Waals surface area contributed by atoms with Crippen molar-refractivity contribution in [2.24, 2.45) is 0 Å². The highest BCUT2D eigenvalue weighted by molar-refractivity contribution is 8.01. The number of rotatable bonds is 5. The van der Waals surface area contributed by atoms with Crippen LogP contribution in [-0.4, -0.2) is 26.5 Å². The molecule has 0 aliphatic rings. The number of aromatic nitrogens is 1. The molecule has 0 radical (unpaired) electrons. The van der Waals surface area contributed by atoms with E-state index in [2.05, 4.69) is 11.1 Å². The Morgan fingerprint density at radius 1 is 1.44 bits per heavy atom. The van der Waals surface area contributed by atoms with E-state index in [1.54, 1.807) is 23.1 Å². The van der Waals surface area contributed by atoms with E-state index in [4.69, 9.17) is 0 Å². The first-order valence-corrected chi connectivity index (χ1v) is 8.42. The number of thiazole rings is 1. The van der Waals surface area contributed by atoms with Crippen LogP contribution in [0.5, 0.6) is 0 Å². The molecular formula is C11H13NOS3. The van der Waals surface area contributed by atoms with Crippen LogP contribution < -0.4 is 0 Å². The van der Waals surface area contributed by atoms with Crippen LogP contribution in [-0.2, 0) is 10.8 Å². The van der Waals surface area contributed by atoms with Crippen molar-refractivity contribution in [3.8, 4) is 0 Å². The molecule has 1 heterocycles. The summed E-state index contributed by atoms with van der Waals surface area (Å²) in [7, 11) is -0.662. The van der Waals surface area contributed by atoms with Gasteiger partial charge in [-0.05, 0) is 12.1 Å². The first-order valence-electron chi connectivity index (χ1n) is 5.13. The topological polar surface area (TPSA) is 30.0 Å². The van der Waals surface area contributed by atoms with Gasteiger partial charge in [-0.1, -0.05) is 30.8 Å². The third-order valence-corrected chi connectivity index (χ3v) is 5.88. The summed E-state index contributed by atoms with van der Waals surface area (Å²) < 4.78 is 13.6. The zero-order valence-electron chi connectivity index (χ0n) is 9.01. The Bertz CT molecular complexity index is 462. The van der Waals surface area contributed by atoms with Gasteiger partial charge in [-0.2, -0.15) is 0 Å². The molecule has 1 atom stereocenters. The lowest BCUT2D eigenvalue weighted by atomic mass is 10.3. The second kappa shape index (κ2) is 5.80. The van der Waals surface area contributed by atoms with Crippen molar-refractivity contribution >= 4 is 44.1 Å². The van der Waals surface area contributed by atoms with E-state index in [0.717, 1.165) is 27.1 Å². The predicted octanol–water partition coefficient (Wildman–Crippen LogP) is 3.16. The average Bonchev–Trinajstić information content (AvgIpc) is 2.71. The fraction of sp³-hybridized carbons (Fsp3) is 0.364. The van der Waals surface area contributed by atoms with Crippen LogP contribution >= 0.6 is 23.1 Å². The number of nitrogens with zero attached hydrogens (tertiary/aromatic N) is 1. The van der Waals surface area contributed by atoms with Crippen LogP contribution in [0.15, 0.2) is 28.6 Å². The Balaban J connectivity index is 1.97. The number of benzene rings is 1. The fourth-order valence-corrected chi connectivity index (χ4v) is 4.43. The normalized spacial score (nSPS) is 13.1. The summed E-state index contributed by atoms with van der Waals surface area (Å²) in [6.07, 6.45) is 0. The maximum Gasteiger partial charge on any atom is 0.151 e. The van der Waals surface area contributed by atoms with E-state index in [1.165, 1.54) is 4.70 Å². The summed E-state index contributed by atoms with van der Waals surface area (Å²) in [6, 6.07) is 8.14. The highest BCUT2D eigenvalue weighted by atomic mass is 32.2. The van der Waals surface area contributed by atoms with Crippen LogP contribution in [0.3, 0.4) is 0 Å². The molecule has 2 rings (SSSR count). The SMILES string of the molecule is CC[S@](=O)CCSc1nc2ccccc2s1. The molecule has 1 aromatic carbocycles. The Morgan fingerprint density at radius 2 is 2.25 bits per heavy atom. The first-order chi connectivity index (χ1) is 7.79. The molecule has 0 aliphatic carbocycles. The van der Waals surface area contributed by atoms with Gasteiger partial charge in [0.2, 0.25) is 0 Å². The second-order valence-corrected chi connectivity index (χ2v) is 7.47. The van der Waals surface area contributed by atoms with Gasteiger partial charge in [0.05, 0.1) is 10.2 Å². The van der Waals surface area contributed by atoms with Gasteiger partial charge in [0.1, 0.15) is 0 Å². The lowest BCUT2D eigenvalue weighted by Gasteiger charge is -1.96. The number of fused-ring (bicyclic) bond motifs is 1. The highest BCUT2D eigenvalue weighted by Crippen LogP contribution is 2.29. The van der Waals surface area contributed by atoms with E-state index in [0.29, 0.717) is 0 Å². The van der Waals surface area contributed by atoms with Crippen LogP contribution in [0.4, 0.5) is 0 Å². The largest absolute Gasteiger partial charge is 0.260 e. The molecule has 0 spiro atoms. The zero-order chi connectivity index (χ0) is 11.4. The molecule has 1 aromatic heterocycles. The molecule has 16 heavy (non-hydrogen) atoms. The highest BCUT2D eigenvalue weighted by Gasteiger charge is 2.04. The predicted molar refractivity (Wildman–Crippen MR) is 73.9 cm³/mol. The van der Waals surface area contributed by atoms with Gasteiger partial charge < -0.3 is 0 Å². The quantitative estimate of drug-likeness (QED) is 0.783. The Hall–Kier alpha value is -0.390. The van der Waals surface area contributed by atoms with Gasteiger partial charge in [-0.3, -0.25) is 4.21 Å². The zero-order valence-corrected chi connectivity index (χ0v) is 11.5. The molecule has 86 valence electrons. The molecule has 0 saturated heterocycles. The van der Waals surface area contributed by atoms with Crippen LogP contribution in [0, 0.1) is 0 Å². The molecule has 0 amide bonds. The van der Waals surface area contributed by atoms with Gasteiger partial charge in [0.25, 0.3) is 0 Å². The van der Waals surface area contributed by atoms with Crippen molar-refractivity contribution in [2.45, 2.75) is 11.3 Å². The standard InChI is InChI=1S/C11H13NOS3/c1-2-16(13)8-7-14-11-12-9-5-3-4-6-10(9)15-11/h3-6H,2,7-8H2,1H3/t16-/m0/s1. The minimum atomic E-state index is -0.662. The third kappa shape index (κ3) is 3.06. The lowest BCUT2D eigenvalue weighted by Crippen LogP contribution is -2.01. The maximum absolute atomic E-state index is 11.3. The Labute approximate surface area is 106 Å². The van der Waals surface area contributed by atoms with E-state index in [1.807, 2.05) is 25.1 Å². The number of hydrogen-bond acceptors (Lipinski definition) is 4. The van der Waals surface area contributed by atoms with Gasteiger partial charge in [-0.25, -0.2) is 4.98 Å². The van der Waals surface area contributed by atoms with Crippen LogP contribution in [0.25, 0.3) is 10.2 Å². The number of thioether (sulfide) groups is 1. The Kier molecular flexibility index (Phi) is 4.37. The molecule has 5 heteroatoms. The molecule has 0 fully saturated rings. The van der Waals surface area contributed by atoms with Crippen molar-refractivity contribution in [2.75, 3.05) is 17.3 Å². The Morgan fingerprint density at radius 3 is 3.00 bits per heavy atom. The van der Waals surface area contributed by atoms with Crippen LogP contribution in [0.1, 0.15) is 6.92 Å². The van der Waals surface area contributed by atoms with Gasteiger partial charge in [0.15, 0.2) is 4.34 Å². The molecule has 0 bridgehead atoms. The monoisotopic (exact) mass is 271 g/mol. The summed E-state index contributed by atoms with van der Waals surface area (Å²) >= 11 is 3.41. The first kappa shape index (κ1) is 12.1. The second-order valence-electron chi connectivity index (χ2n) is 3.23. The van der Waals surface area contributed by atoms with Crippen molar-refractivity contribution in [3.05, 3.63) is 24.3 Å². The summed E-state index contributed by atoms with van der Waals surface area (Å²) in [5.41, 5.74) is 1.06. The summed E-state index contributed by atoms with van der Waals surface area (Å²) in [5, 5.41) is 0. The number of hydrogen-bond donors (Lipinski definition) is 0. The van der Waals surface area contributed by atoms with Gasteiger partial charge in [0, 0.05) is 28.1 Å². The molecular weight excluding hydrogens is 258 g/mol. The van der Waals surface area contributed by atoms with E-state index in [-0.39, 0.29) is 0 Å². The smallest absolute Gasteiger partial charge is 0.151 e. The molecule has 0 saturated carbocycles. The minimum absolute atomic E-state index is 0.662. The van der Waals surface area contributed by atoms with Crippen LogP contribution in [0.2, 0.25) is 0 Å². The fourth-order valence-electron chi connectivity index (χ4n) is 1.28. The number of para-hydroxylation sites is 1. The molecule has 2 aromatic rings. The molecule has 2 nitrogen and oxygen atoms in total. The average molecular weight is 271 g/mol. The van der Waals surface area contributed by atoms with Gasteiger partial charge >= 0.3 is 0 Å².